The Hall–Kier alpha value is -2.63. The van der Waals surface area contributed by atoms with E-state index in [0.29, 0.717) is 11.2 Å². The highest BCUT2D eigenvalue weighted by Crippen LogP contribution is 2.31. The van der Waals surface area contributed by atoms with E-state index in [0.717, 1.165) is 27.5 Å². The quantitative estimate of drug-likeness (QED) is 0.556. The number of hydrogen-bond donors (Lipinski definition) is 2. The maximum absolute atomic E-state index is 9.15. The molecule has 0 aliphatic rings. The van der Waals surface area contributed by atoms with Crippen LogP contribution in [0.25, 0.3) is 33.2 Å². The Morgan fingerprint density at radius 3 is 2.41 bits per heavy atom. The molecule has 106 valence electrons. The minimum Gasteiger partial charge on any atom is -0.438 e. The van der Waals surface area contributed by atoms with Crippen molar-refractivity contribution in [2.24, 2.45) is 0 Å². The van der Waals surface area contributed by atoms with E-state index in [9.17, 15) is 0 Å². The molecule has 0 amide bonds. The Labute approximate surface area is 126 Å². The van der Waals surface area contributed by atoms with Gasteiger partial charge in [0.05, 0.1) is 0 Å². The maximum Gasteiger partial charge on any atom is 0.488 e. The van der Waals surface area contributed by atoms with Gasteiger partial charge in [-0.2, -0.15) is 0 Å². The summed E-state index contributed by atoms with van der Waals surface area (Å²) in [5.41, 5.74) is 3.96. The highest BCUT2D eigenvalue weighted by atomic mass is 16.4. The van der Waals surface area contributed by atoms with Gasteiger partial charge in [-0.15, -0.1) is 0 Å². The monoisotopic (exact) mass is 289 g/mol. The summed E-state index contributed by atoms with van der Waals surface area (Å²) >= 11 is 0. The SMILES string of the molecule is OB(O)c1ccc(-c2ccc3oc4ncccc4c3c2)cc1. The lowest BCUT2D eigenvalue weighted by molar-refractivity contribution is 0.426. The van der Waals surface area contributed by atoms with Gasteiger partial charge < -0.3 is 14.5 Å². The third-order valence-electron chi connectivity index (χ3n) is 3.79. The highest BCUT2D eigenvalue weighted by molar-refractivity contribution is 6.58. The van der Waals surface area contributed by atoms with Gasteiger partial charge >= 0.3 is 7.12 Å². The molecule has 4 rings (SSSR count). The van der Waals surface area contributed by atoms with Gasteiger partial charge in [-0.25, -0.2) is 4.98 Å². The zero-order valence-electron chi connectivity index (χ0n) is 11.6. The Balaban J connectivity index is 1.86. The molecule has 0 aliphatic heterocycles. The molecule has 2 heterocycles. The molecule has 0 bridgehead atoms. The van der Waals surface area contributed by atoms with Crippen molar-refractivity contribution < 1.29 is 14.5 Å². The molecule has 22 heavy (non-hydrogen) atoms. The van der Waals surface area contributed by atoms with Crippen molar-refractivity contribution >= 4 is 34.7 Å². The smallest absolute Gasteiger partial charge is 0.438 e. The van der Waals surface area contributed by atoms with Crippen LogP contribution < -0.4 is 5.46 Å². The molecule has 0 atom stereocenters. The van der Waals surface area contributed by atoms with E-state index >= 15 is 0 Å². The van der Waals surface area contributed by atoms with Crippen molar-refractivity contribution in [3.05, 3.63) is 60.8 Å². The van der Waals surface area contributed by atoms with E-state index in [2.05, 4.69) is 11.1 Å². The summed E-state index contributed by atoms with van der Waals surface area (Å²) in [6, 6.07) is 17.0. The lowest BCUT2D eigenvalue weighted by Gasteiger charge is -2.04. The average Bonchev–Trinajstić information content (AvgIpc) is 2.92. The molecule has 5 heteroatoms. The lowest BCUT2D eigenvalue weighted by atomic mass is 9.80. The van der Waals surface area contributed by atoms with Gasteiger partial charge in [0, 0.05) is 17.0 Å². The van der Waals surface area contributed by atoms with Gasteiger partial charge in [0.1, 0.15) is 5.58 Å². The molecular weight excluding hydrogens is 277 g/mol. The van der Waals surface area contributed by atoms with Crippen molar-refractivity contribution in [2.45, 2.75) is 0 Å². The summed E-state index contributed by atoms with van der Waals surface area (Å²) in [4.78, 5) is 4.23. The molecule has 0 spiro atoms. The predicted octanol–water partition coefficient (Wildman–Crippen LogP) is 2.33. The van der Waals surface area contributed by atoms with Crippen LogP contribution in [0, 0.1) is 0 Å². The number of fused-ring (bicyclic) bond motifs is 3. The van der Waals surface area contributed by atoms with Crippen molar-refractivity contribution in [3.63, 3.8) is 0 Å². The number of nitrogens with zero attached hydrogens (tertiary/aromatic N) is 1. The van der Waals surface area contributed by atoms with E-state index in [1.165, 1.54) is 0 Å². The predicted molar refractivity (Wildman–Crippen MR) is 86.8 cm³/mol. The van der Waals surface area contributed by atoms with Crippen molar-refractivity contribution in [1.82, 2.24) is 4.98 Å². The van der Waals surface area contributed by atoms with Crippen LogP contribution in [0.5, 0.6) is 0 Å². The minimum atomic E-state index is -1.44. The minimum absolute atomic E-state index is 0.475. The third kappa shape index (κ3) is 2.08. The fraction of sp³-hybridized carbons (Fsp3) is 0. The van der Waals surface area contributed by atoms with Gasteiger partial charge in [0.15, 0.2) is 0 Å². The van der Waals surface area contributed by atoms with Gasteiger partial charge in [0.2, 0.25) is 5.71 Å². The molecule has 0 aliphatic carbocycles. The Bertz CT molecular complexity index is 961. The molecule has 4 nitrogen and oxygen atoms in total. The van der Waals surface area contributed by atoms with Crippen molar-refractivity contribution in [1.29, 1.82) is 0 Å². The number of aromatic nitrogens is 1. The van der Waals surface area contributed by atoms with E-state index < -0.39 is 7.12 Å². The second-order valence-corrected chi connectivity index (χ2v) is 5.16. The Morgan fingerprint density at radius 2 is 1.64 bits per heavy atom. The normalized spacial score (nSPS) is 11.2. The number of furan rings is 1. The van der Waals surface area contributed by atoms with Gasteiger partial charge in [-0.05, 0) is 40.9 Å². The van der Waals surface area contributed by atoms with Gasteiger partial charge in [-0.1, -0.05) is 30.3 Å². The first-order valence-electron chi connectivity index (χ1n) is 6.96. The van der Waals surface area contributed by atoms with E-state index in [1.807, 2.05) is 36.4 Å². The second kappa shape index (κ2) is 4.98. The summed E-state index contributed by atoms with van der Waals surface area (Å²) in [5, 5.41) is 20.3. The van der Waals surface area contributed by atoms with Gasteiger partial charge in [-0.3, -0.25) is 0 Å². The zero-order chi connectivity index (χ0) is 15.1. The standard InChI is InChI=1S/C17H12BNO3/c20-18(21)13-6-3-11(4-7-13)12-5-8-16-15(10-12)14-2-1-9-19-17(14)22-16/h1-10,20-21H. The molecule has 0 radical (unpaired) electrons. The fourth-order valence-corrected chi connectivity index (χ4v) is 2.64. The van der Waals surface area contributed by atoms with Crippen LogP contribution >= 0.6 is 0 Å². The van der Waals surface area contributed by atoms with Crippen molar-refractivity contribution in [2.75, 3.05) is 0 Å². The number of benzene rings is 2. The molecule has 2 N–H and O–H groups in total. The Kier molecular flexibility index (Phi) is 2.96. The lowest BCUT2D eigenvalue weighted by Crippen LogP contribution is -2.29. The first-order chi connectivity index (χ1) is 10.7. The first-order valence-corrected chi connectivity index (χ1v) is 6.96. The summed E-state index contributed by atoms with van der Waals surface area (Å²) in [6.45, 7) is 0. The zero-order valence-corrected chi connectivity index (χ0v) is 11.6. The van der Waals surface area contributed by atoms with Crippen LogP contribution in [-0.4, -0.2) is 22.2 Å². The van der Waals surface area contributed by atoms with Crippen LogP contribution in [0.1, 0.15) is 0 Å². The summed E-state index contributed by atoms with van der Waals surface area (Å²) in [5.74, 6) is 0. The third-order valence-corrected chi connectivity index (χ3v) is 3.79. The summed E-state index contributed by atoms with van der Waals surface area (Å²) < 4.78 is 5.72. The molecule has 2 aromatic carbocycles. The van der Waals surface area contributed by atoms with Crippen LogP contribution in [0.3, 0.4) is 0 Å². The molecular formula is C17H12BNO3. The van der Waals surface area contributed by atoms with E-state index in [4.69, 9.17) is 14.5 Å². The van der Waals surface area contributed by atoms with Crippen LogP contribution in [-0.2, 0) is 0 Å². The summed E-state index contributed by atoms with van der Waals surface area (Å²) in [6.07, 6.45) is 1.71. The first kappa shape index (κ1) is 13.1. The largest absolute Gasteiger partial charge is 0.488 e. The van der Waals surface area contributed by atoms with Crippen LogP contribution in [0.15, 0.2) is 65.2 Å². The highest BCUT2D eigenvalue weighted by Gasteiger charge is 2.11. The molecule has 0 saturated carbocycles. The summed E-state index contributed by atoms with van der Waals surface area (Å²) in [7, 11) is -1.44. The van der Waals surface area contributed by atoms with Crippen molar-refractivity contribution in [3.8, 4) is 11.1 Å². The molecule has 0 unspecified atom stereocenters. The van der Waals surface area contributed by atoms with Crippen LogP contribution in [0.4, 0.5) is 0 Å². The second-order valence-electron chi connectivity index (χ2n) is 5.16. The Morgan fingerprint density at radius 1 is 0.864 bits per heavy atom. The number of pyridine rings is 1. The maximum atomic E-state index is 9.15. The van der Waals surface area contributed by atoms with E-state index in [1.54, 1.807) is 18.3 Å². The molecule has 4 aromatic rings. The van der Waals surface area contributed by atoms with E-state index in [-0.39, 0.29) is 0 Å². The fourth-order valence-electron chi connectivity index (χ4n) is 2.64. The van der Waals surface area contributed by atoms with Crippen LogP contribution in [0.2, 0.25) is 0 Å². The number of rotatable bonds is 2. The topological polar surface area (TPSA) is 66.5 Å². The average molecular weight is 289 g/mol. The molecule has 0 saturated heterocycles. The van der Waals surface area contributed by atoms with Gasteiger partial charge in [0.25, 0.3) is 0 Å². The number of hydrogen-bond acceptors (Lipinski definition) is 4. The molecule has 0 fully saturated rings. The molecule has 2 aromatic heterocycles.